The molecule has 1 saturated carbocycles. The monoisotopic (exact) mass is 373 g/mol. The molecule has 146 valence electrons. The van der Waals surface area contributed by atoms with E-state index in [0.29, 0.717) is 18.7 Å². The molecule has 0 aromatic heterocycles. The number of benzene rings is 1. The van der Waals surface area contributed by atoms with Crippen molar-refractivity contribution in [1.29, 1.82) is 0 Å². The Balaban J connectivity index is 1.62. The number of hydrogen-bond donors (Lipinski definition) is 2. The zero-order chi connectivity index (χ0) is 19.8. The van der Waals surface area contributed by atoms with Crippen LogP contribution in [0.25, 0.3) is 0 Å². The minimum Gasteiger partial charge on any atom is -0.378 e. The molecule has 3 amide bonds. The Kier molecular flexibility index (Phi) is 5.10. The van der Waals surface area contributed by atoms with Crippen LogP contribution in [0, 0.1) is 5.41 Å². The molecule has 1 aromatic rings. The van der Waals surface area contributed by atoms with Crippen LogP contribution in [0.4, 0.5) is 5.69 Å². The number of nitrogens with one attached hydrogen (secondary N) is 1. The highest BCUT2D eigenvalue weighted by Crippen LogP contribution is 2.50. The fourth-order valence-corrected chi connectivity index (χ4v) is 3.74. The fourth-order valence-electron chi connectivity index (χ4n) is 3.74. The van der Waals surface area contributed by atoms with E-state index in [1.54, 1.807) is 24.3 Å². The van der Waals surface area contributed by atoms with Crippen LogP contribution in [0.2, 0.25) is 0 Å². The summed E-state index contributed by atoms with van der Waals surface area (Å²) in [7, 11) is 0. The molecule has 1 aromatic carbocycles. The van der Waals surface area contributed by atoms with Gasteiger partial charge in [0.1, 0.15) is 5.54 Å². The van der Waals surface area contributed by atoms with Crippen molar-refractivity contribution in [3.8, 4) is 0 Å². The molecule has 2 unspecified atom stereocenters. The summed E-state index contributed by atoms with van der Waals surface area (Å²) < 4.78 is 5.67. The summed E-state index contributed by atoms with van der Waals surface area (Å²) in [5, 5.41) is 2.87. The van der Waals surface area contributed by atoms with E-state index in [1.807, 2.05) is 20.8 Å². The van der Waals surface area contributed by atoms with Gasteiger partial charge >= 0.3 is 0 Å². The van der Waals surface area contributed by atoms with Gasteiger partial charge in [0.15, 0.2) is 0 Å². The molecule has 27 heavy (non-hydrogen) atoms. The van der Waals surface area contributed by atoms with Crippen molar-refractivity contribution < 1.29 is 19.1 Å². The normalized spacial score (nSPS) is 26.8. The van der Waals surface area contributed by atoms with Gasteiger partial charge in [0.25, 0.3) is 0 Å². The molecule has 1 aliphatic heterocycles. The molecular formula is C20H27N3O4. The number of amides is 3. The summed E-state index contributed by atoms with van der Waals surface area (Å²) in [6.07, 6.45) is 1.02. The largest absolute Gasteiger partial charge is 0.378 e. The molecular weight excluding hydrogens is 346 g/mol. The van der Waals surface area contributed by atoms with E-state index >= 15 is 0 Å². The quantitative estimate of drug-likeness (QED) is 0.741. The zero-order valence-electron chi connectivity index (χ0n) is 16.1. The number of ether oxygens (including phenoxy) is 1. The number of carbonyl (C=O) groups excluding carboxylic acids is 3. The lowest BCUT2D eigenvalue weighted by Crippen LogP contribution is -2.74. The maximum Gasteiger partial charge on any atom is 0.245 e. The van der Waals surface area contributed by atoms with Crippen molar-refractivity contribution in [1.82, 2.24) is 4.90 Å². The highest BCUT2D eigenvalue weighted by Gasteiger charge is 2.62. The Labute approximate surface area is 159 Å². The number of likely N-dealkylation sites (tertiary alicyclic amines) is 1. The van der Waals surface area contributed by atoms with Gasteiger partial charge < -0.3 is 15.8 Å². The van der Waals surface area contributed by atoms with Gasteiger partial charge in [0, 0.05) is 37.0 Å². The molecule has 2 aliphatic rings. The van der Waals surface area contributed by atoms with Crippen LogP contribution in [-0.2, 0) is 25.7 Å². The van der Waals surface area contributed by atoms with Crippen LogP contribution in [0.15, 0.2) is 24.3 Å². The van der Waals surface area contributed by atoms with Crippen LogP contribution < -0.4 is 11.1 Å². The predicted molar refractivity (Wildman–Crippen MR) is 101 cm³/mol. The maximum atomic E-state index is 12.7. The van der Waals surface area contributed by atoms with E-state index < -0.39 is 11.0 Å². The standard InChI is InChI=1S/C20H27N3O4/c1-4-27-15-11-20(21,19(15,2)3)18(26)22-14-7-5-13(6-8-14)12-23-16(24)9-10-17(23)25/h5-8,15H,4,9-12,21H2,1-3H3,(H,22,26). The summed E-state index contributed by atoms with van der Waals surface area (Å²) in [5.41, 5.74) is 6.41. The van der Waals surface area contributed by atoms with Crippen molar-refractivity contribution in [2.45, 2.75) is 58.2 Å². The van der Waals surface area contributed by atoms with E-state index in [-0.39, 0.29) is 43.2 Å². The number of rotatable bonds is 6. The van der Waals surface area contributed by atoms with Gasteiger partial charge in [-0.05, 0) is 24.6 Å². The van der Waals surface area contributed by atoms with Gasteiger partial charge in [0.05, 0.1) is 12.6 Å². The number of imide groups is 1. The highest BCUT2D eigenvalue weighted by atomic mass is 16.5. The van der Waals surface area contributed by atoms with Crippen LogP contribution in [0.5, 0.6) is 0 Å². The first-order chi connectivity index (χ1) is 12.7. The fraction of sp³-hybridized carbons (Fsp3) is 0.550. The minimum atomic E-state index is -0.986. The Morgan fingerprint density at radius 2 is 1.81 bits per heavy atom. The average molecular weight is 373 g/mol. The molecule has 7 heteroatoms. The molecule has 7 nitrogen and oxygen atoms in total. The van der Waals surface area contributed by atoms with Gasteiger partial charge in [-0.3, -0.25) is 19.3 Å². The second kappa shape index (κ2) is 7.05. The molecule has 3 rings (SSSR count). The number of nitrogens with zero attached hydrogens (tertiary/aromatic N) is 1. The van der Waals surface area contributed by atoms with Gasteiger partial charge in [-0.1, -0.05) is 26.0 Å². The Hall–Kier alpha value is -2.25. The van der Waals surface area contributed by atoms with Crippen molar-refractivity contribution in [3.63, 3.8) is 0 Å². The van der Waals surface area contributed by atoms with Crippen LogP contribution >= 0.6 is 0 Å². The molecule has 1 heterocycles. The number of hydrogen-bond acceptors (Lipinski definition) is 5. The third-order valence-corrected chi connectivity index (χ3v) is 5.94. The second-order valence-corrected chi connectivity index (χ2v) is 7.87. The lowest BCUT2D eigenvalue weighted by atomic mass is 9.54. The second-order valence-electron chi connectivity index (χ2n) is 7.87. The Morgan fingerprint density at radius 1 is 1.22 bits per heavy atom. The summed E-state index contributed by atoms with van der Waals surface area (Å²) in [5.74, 6) is -0.516. The topological polar surface area (TPSA) is 102 Å². The smallest absolute Gasteiger partial charge is 0.245 e. The lowest BCUT2D eigenvalue weighted by molar-refractivity contribution is -0.166. The molecule has 0 spiro atoms. The third-order valence-electron chi connectivity index (χ3n) is 5.94. The first kappa shape index (κ1) is 19.5. The van der Waals surface area contributed by atoms with Crippen molar-refractivity contribution in [2.24, 2.45) is 11.1 Å². The van der Waals surface area contributed by atoms with Gasteiger partial charge in [-0.25, -0.2) is 0 Å². The molecule has 1 aliphatic carbocycles. The van der Waals surface area contributed by atoms with Crippen molar-refractivity contribution in [3.05, 3.63) is 29.8 Å². The van der Waals surface area contributed by atoms with Gasteiger partial charge in [-0.15, -0.1) is 0 Å². The van der Waals surface area contributed by atoms with Crippen LogP contribution in [0.1, 0.15) is 45.6 Å². The highest BCUT2D eigenvalue weighted by molar-refractivity contribution is 6.02. The summed E-state index contributed by atoms with van der Waals surface area (Å²) in [6, 6.07) is 7.11. The van der Waals surface area contributed by atoms with Crippen LogP contribution in [-0.4, -0.2) is 40.9 Å². The minimum absolute atomic E-state index is 0.0313. The Bertz CT molecular complexity index is 743. The summed E-state index contributed by atoms with van der Waals surface area (Å²) in [4.78, 5) is 37.4. The molecule has 1 saturated heterocycles. The van der Waals surface area contributed by atoms with E-state index in [4.69, 9.17) is 10.5 Å². The van der Waals surface area contributed by atoms with E-state index in [0.717, 1.165) is 5.56 Å². The summed E-state index contributed by atoms with van der Waals surface area (Å²) in [6.45, 7) is 6.68. The zero-order valence-corrected chi connectivity index (χ0v) is 16.1. The van der Waals surface area contributed by atoms with Crippen molar-refractivity contribution >= 4 is 23.4 Å². The van der Waals surface area contributed by atoms with Crippen molar-refractivity contribution in [2.75, 3.05) is 11.9 Å². The average Bonchev–Trinajstić information content (AvgIpc) is 2.94. The van der Waals surface area contributed by atoms with E-state index in [2.05, 4.69) is 5.32 Å². The first-order valence-electron chi connectivity index (χ1n) is 9.33. The SMILES string of the molecule is CCOC1CC(N)(C(=O)Nc2ccc(CN3C(=O)CCC3=O)cc2)C1(C)C. The molecule has 0 radical (unpaired) electrons. The molecule has 2 fully saturated rings. The van der Waals surface area contributed by atoms with E-state index in [9.17, 15) is 14.4 Å². The lowest BCUT2D eigenvalue weighted by Gasteiger charge is -2.57. The number of carbonyl (C=O) groups is 3. The Morgan fingerprint density at radius 3 is 2.33 bits per heavy atom. The first-order valence-corrected chi connectivity index (χ1v) is 9.33. The van der Waals surface area contributed by atoms with Gasteiger partial charge in [-0.2, -0.15) is 0 Å². The van der Waals surface area contributed by atoms with Gasteiger partial charge in [0.2, 0.25) is 17.7 Å². The molecule has 2 atom stereocenters. The van der Waals surface area contributed by atoms with Crippen LogP contribution in [0.3, 0.4) is 0 Å². The predicted octanol–water partition coefficient (Wildman–Crippen LogP) is 1.81. The number of anilines is 1. The maximum absolute atomic E-state index is 12.7. The van der Waals surface area contributed by atoms with E-state index in [1.165, 1.54) is 4.90 Å². The third kappa shape index (κ3) is 3.37. The molecule has 0 bridgehead atoms. The number of nitrogens with two attached hydrogens (primary N) is 1. The summed E-state index contributed by atoms with van der Waals surface area (Å²) >= 11 is 0. The molecule has 3 N–H and O–H groups in total.